The van der Waals surface area contributed by atoms with E-state index in [1.165, 1.54) is 39.2 Å². The van der Waals surface area contributed by atoms with Gasteiger partial charge in [0.15, 0.2) is 0 Å². The monoisotopic (exact) mass is 353 g/mol. The van der Waals surface area contributed by atoms with E-state index < -0.39 is 5.97 Å². The van der Waals surface area contributed by atoms with Crippen molar-refractivity contribution in [2.24, 2.45) is 22.7 Å². The minimum Gasteiger partial charge on any atom is -0.480 e. The van der Waals surface area contributed by atoms with E-state index in [0.29, 0.717) is 11.3 Å². The van der Waals surface area contributed by atoms with Gasteiger partial charge in [-0.1, -0.05) is 33.6 Å². The summed E-state index contributed by atoms with van der Waals surface area (Å²) in [7, 11) is 1.53. The molecule has 3 fully saturated rings. The molecule has 2 aliphatic carbocycles. The third kappa shape index (κ3) is 4.36. The molecular weight excluding hydrogens is 318 g/mol. The minimum atomic E-state index is -0.720. The maximum atomic E-state index is 12.0. The Morgan fingerprint density at radius 2 is 1.76 bits per heavy atom. The van der Waals surface area contributed by atoms with Gasteiger partial charge in [0, 0.05) is 0 Å². The lowest BCUT2D eigenvalue weighted by Gasteiger charge is -2.56. The molecule has 2 saturated carbocycles. The molecule has 3 rings (SSSR count). The predicted octanol–water partition coefficient (Wildman–Crippen LogP) is 3.62. The molecule has 4 atom stereocenters. The zero-order chi connectivity index (χ0) is 18.7. The summed E-state index contributed by atoms with van der Waals surface area (Å²) >= 11 is 0. The summed E-state index contributed by atoms with van der Waals surface area (Å²) in [6.07, 6.45) is 9.04. The summed E-state index contributed by atoms with van der Waals surface area (Å²) in [6, 6.07) is -0.269. The molecule has 0 aromatic heterocycles. The van der Waals surface area contributed by atoms with E-state index in [1.54, 1.807) is 0 Å². The number of hydrogen-bond donors (Lipinski definition) is 2. The first kappa shape index (κ1) is 20.2. The van der Waals surface area contributed by atoms with Gasteiger partial charge in [-0.25, -0.2) is 0 Å². The zero-order valence-corrected chi connectivity index (χ0v) is 16.3. The van der Waals surface area contributed by atoms with Crippen LogP contribution in [0.25, 0.3) is 0 Å². The third-order valence-corrected chi connectivity index (χ3v) is 6.90. The maximum absolute atomic E-state index is 12.0. The van der Waals surface area contributed by atoms with Crippen molar-refractivity contribution >= 4 is 11.9 Å². The Morgan fingerprint density at radius 1 is 1.04 bits per heavy atom. The fourth-order valence-electron chi connectivity index (χ4n) is 5.58. The van der Waals surface area contributed by atoms with Gasteiger partial charge in [-0.15, -0.1) is 0 Å². The number of nitrogens with one attached hydrogen (secondary N) is 1. The lowest BCUT2D eigenvalue weighted by molar-refractivity contribution is -0.161. The highest BCUT2D eigenvalue weighted by Crippen LogP contribution is 2.59. The smallest absolute Gasteiger partial charge is 0.320 e. The van der Waals surface area contributed by atoms with Crippen LogP contribution in [0.15, 0.2) is 0 Å². The van der Waals surface area contributed by atoms with Crippen molar-refractivity contribution < 1.29 is 19.4 Å². The summed E-state index contributed by atoms with van der Waals surface area (Å²) in [6.45, 7) is 7.96. The maximum Gasteiger partial charge on any atom is 0.320 e. The van der Waals surface area contributed by atoms with Gasteiger partial charge >= 0.3 is 11.9 Å². The third-order valence-electron chi connectivity index (χ3n) is 6.90. The van der Waals surface area contributed by atoms with E-state index in [1.807, 2.05) is 0 Å². The molecule has 2 N–H and O–H groups in total. The average Bonchev–Trinajstić information content (AvgIpc) is 3.08. The minimum absolute atomic E-state index is 0.0231. The number of hydrogen-bond acceptors (Lipinski definition) is 4. The van der Waals surface area contributed by atoms with Crippen LogP contribution in [0.5, 0.6) is 0 Å². The second kappa shape index (κ2) is 8.07. The van der Waals surface area contributed by atoms with E-state index >= 15 is 0 Å². The molecule has 3 unspecified atom stereocenters. The van der Waals surface area contributed by atoms with Crippen molar-refractivity contribution in [1.82, 2.24) is 5.32 Å². The van der Waals surface area contributed by atoms with Crippen LogP contribution >= 0.6 is 0 Å². The molecule has 25 heavy (non-hydrogen) atoms. The van der Waals surface area contributed by atoms with Crippen LogP contribution in [0.2, 0.25) is 0 Å². The number of ether oxygens (including phenoxy) is 1. The fourth-order valence-corrected chi connectivity index (χ4v) is 5.58. The molecule has 5 nitrogen and oxygen atoms in total. The molecular formula is C20H35NO4. The molecule has 1 heterocycles. The van der Waals surface area contributed by atoms with Crippen LogP contribution in [0.3, 0.4) is 0 Å². The Balaban J connectivity index is 0.000000236. The Morgan fingerprint density at radius 3 is 2.28 bits per heavy atom. The summed E-state index contributed by atoms with van der Waals surface area (Å²) in [5.74, 6) is 0.116. The number of carbonyl (C=O) groups is 2. The van der Waals surface area contributed by atoms with Crippen molar-refractivity contribution in [1.29, 1.82) is 0 Å². The molecule has 0 aromatic rings. The van der Waals surface area contributed by atoms with Gasteiger partial charge < -0.3 is 15.2 Å². The van der Waals surface area contributed by atoms with Crippen molar-refractivity contribution in [3.63, 3.8) is 0 Å². The highest BCUT2D eigenvalue weighted by atomic mass is 16.5. The molecule has 1 aliphatic heterocycles. The van der Waals surface area contributed by atoms with E-state index in [-0.39, 0.29) is 23.3 Å². The molecule has 144 valence electrons. The van der Waals surface area contributed by atoms with Gasteiger partial charge in [0.1, 0.15) is 6.04 Å². The molecule has 0 aromatic carbocycles. The lowest BCUT2D eigenvalue weighted by atomic mass is 9.48. The van der Waals surface area contributed by atoms with Gasteiger partial charge in [0.05, 0.1) is 13.0 Å². The van der Waals surface area contributed by atoms with Crippen molar-refractivity contribution in [2.45, 2.75) is 78.2 Å². The summed E-state index contributed by atoms with van der Waals surface area (Å²) in [4.78, 5) is 22.2. The van der Waals surface area contributed by atoms with Gasteiger partial charge in [-0.2, -0.15) is 0 Å². The van der Waals surface area contributed by atoms with Crippen LogP contribution in [-0.2, 0) is 14.3 Å². The van der Waals surface area contributed by atoms with Crippen molar-refractivity contribution in [3.8, 4) is 0 Å². The van der Waals surface area contributed by atoms with Gasteiger partial charge in [0.25, 0.3) is 0 Å². The van der Waals surface area contributed by atoms with Crippen LogP contribution in [0, 0.1) is 22.7 Å². The second-order valence-electron chi connectivity index (χ2n) is 8.89. The van der Waals surface area contributed by atoms with E-state index in [9.17, 15) is 9.59 Å². The zero-order valence-electron chi connectivity index (χ0n) is 16.3. The molecule has 0 bridgehead atoms. The lowest BCUT2D eigenvalue weighted by Crippen LogP contribution is -2.51. The Hall–Kier alpha value is -1.10. The first-order chi connectivity index (χ1) is 11.7. The number of methoxy groups -OCH3 is 1. The normalized spacial score (nSPS) is 36.6. The number of esters is 1. The number of fused-ring (bicyclic) bond motifs is 1. The fraction of sp³-hybridized carbons (Fsp3) is 0.900. The molecule has 0 spiro atoms. The topological polar surface area (TPSA) is 75.6 Å². The largest absolute Gasteiger partial charge is 0.480 e. The van der Waals surface area contributed by atoms with Crippen molar-refractivity contribution in [3.05, 3.63) is 0 Å². The predicted molar refractivity (Wildman–Crippen MR) is 97.2 cm³/mol. The van der Waals surface area contributed by atoms with E-state index in [4.69, 9.17) is 9.84 Å². The van der Waals surface area contributed by atoms with Gasteiger partial charge in [0.2, 0.25) is 0 Å². The number of carboxylic acids is 1. The van der Waals surface area contributed by atoms with Gasteiger partial charge in [-0.05, 0) is 61.8 Å². The molecule has 0 amide bonds. The van der Waals surface area contributed by atoms with Gasteiger partial charge in [-0.3, -0.25) is 9.59 Å². The first-order valence-corrected chi connectivity index (χ1v) is 9.76. The van der Waals surface area contributed by atoms with Crippen LogP contribution in [0.4, 0.5) is 0 Å². The highest BCUT2D eigenvalue weighted by Gasteiger charge is 2.54. The molecule has 1 saturated heterocycles. The second-order valence-corrected chi connectivity index (χ2v) is 8.89. The molecule has 3 aliphatic rings. The Bertz CT molecular complexity index is 484. The standard InChI is InChI=1S/C15H26O2.C5H9NO2/c1-14(2)9-6-10-15(3)11(13(16)17-4)7-5-8-12(14)15;7-5(8)4-2-1-3-6-4/h11-12H,5-10H2,1-4H3;4,6H,1-3H2,(H,7,8)/t11?,12?,15-;/m1./s1. The number of carbonyl (C=O) groups excluding carboxylic acids is 1. The number of rotatable bonds is 2. The molecule has 0 radical (unpaired) electrons. The van der Waals surface area contributed by atoms with E-state index in [2.05, 4.69) is 26.1 Å². The summed E-state index contributed by atoms with van der Waals surface area (Å²) in [5, 5.41) is 11.2. The van der Waals surface area contributed by atoms with Crippen molar-refractivity contribution in [2.75, 3.05) is 13.7 Å². The Kier molecular flexibility index (Phi) is 6.52. The SMILES string of the molecule is COC(=O)C1CCCC2C(C)(C)CCC[C@]12C.O=C(O)C1CCCN1. The van der Waals surface area contributed by atoms with E-state index in [0.717, 1.165) is 25.8 Å². The van der Waals surface area contributed by atoms with Crippen LogP contribution in [0.1, 0.15) is 72.1 Å². The highest BCUT2D eigenvalue weighted by molar-refractivity contribution is 5.74. The average molecular weight is 354 g/mol. The first-order valence-electron chi connectivity index (χ1n) is 9.76. The van der Waals surface area contributed by atoms with Crippen LogP contribution in [-0.4, -0.2) is 36.7 Å². The quantitative estimate of drug-likeness (QED) is 0.742. The molecule has 5 heteroatoms. The summed E-state index contributed by atoms with van der Waals surface area (Å²) in [5.41, 5.74) is 0.562. The number of carboxylic acid groups (broad SMARTS) is 1. The number of aliphatic carboxylic acids is 1. The Labute approximate surface area is 151 Å². The summed E-state index contributed by atoms with van der Waals surface area (Å²) < 4.78 is 5.03. The van der Waals surface area contributed by atoms with Crippen LogP contribution < -0.4 is 5.32 Å².